The number of aliphatic hydroxyl groups excluding tert-OH is 1. The molecule has 3 N–H and O–H groups in total. The average Bonchev–Trinajstić information content (AvgIpc) is 1.08. The van der Waals surface area contributed by atoms with Gasteiger partial charge in [-0.05, 0) is 37.5 Å². The molecule has 0 aromatic rings. The SMILES string of the molecule is CCCCCCCCCCCCCCCCCCC(=O)OC[C@H](COP(=O)(O)OC[C@@H](O)COP(=O)(O)OC[C@@H](COC(=O)CCCCCCCCCCCCC)OC(=O)CCCCCCCCCCCCCCC(C)C)OC(=O)CCCCCCCCCCCCCCCCCCC(C)C. The van der Waals surface area contributed by atoms with Gasteiger partial charge in [0.05, 0.1) is 26.4 Å². The van der Waals surface area contributed by atoms with Crippen molar-refractivity contribution < 1.29 is 80.2 Å². The molecule has 0 aromatic heterocycles. The van der Waals surface area contributed by atoms with Gasteiger partial charge < -0.3 is 33.8 Å². The van der Waals surface area contributed by atoms with Gasteiger partial charge in [0.25, 0.3) is 0 Å². The van der Waals surface area contributed by atoms with E-state index in [1.54, 1.807) is 0 Å². The van der Waals surface area contributed by atoms with Gasteiger partial charge in [0.2, 0.25) is 0 Å². The van der Waals surface area contributed by atoms with Crippen LogP contribution in [-0.2, 0) is 65.4 Å². The molecule has 0 saturated carbocycles. The second-order valence-electron chi connectivity index (χ2n) is 30.5. The van der Waals surface area contributed by atoms with Gasteiger partial charge in [0.1, 0.15) is 19.3 Å². The zero-order valence-corrected chi connectivity index (χ0v) is 68.0. The molecule has 0 bridgehead atoms. The smallest absolute Gasteiger partial charge is 0.462 e. The molecule has 0 radical (unpaired) electrons. The number of phosphoric acid groups is 2. The van der Waals surface area contributed by atoms with E-state index >= 15 is 0 Å². The third-order valence-electron chi connectivity index (χ3n) is 19.2. The van der Waals surface area contributed by atoms with Crippen molar-refractivity contribution in [3.63, 3.8) is 0 Å². The summed E-state index contributed by atoms with van der Waals surface area (Å²) in [6.45, 7) is 9.68. The van der Waals surface area contributed by atoms with Crippen LogP contribution in [0.2, 0.25) is 0 Å². The first-order chi connectivity index (χ1) is 48.9. The van der Waals surface area contributed by atoms with Crippen molar-refractivity contribution in [2.75, 3.05) is 39.6 Å². The first kappa shape index (κ1) is 99.1. The Bertz CT molecular complexity index is 1940. The van der Waals surface area contributed by atoms with Crippen molar-refractivity contribution in [2.24, 2.45) is 11.8 Å². The monoisotopic (exact) mass is 1480 g/mol. The summed E-state index contributed by atoms with van der Waals surface area (Å²) in [6.07, 6.45) is 63.7. The number of carbonyl (C=O) groups excluding carboxylic acids is 4. The van der Waals surface area contributed by atoms with Crippen molar-refractivity contribution in [3.05, 3.63) is 0 Å². The van der Waals surface area contributed by atoms with Gasteiger partial charge in [-0.2, -0.15) is 0 Å². The zero-order valence-electron chi connectivity index (χ0n) is 66.2. The highest BCUT2D eigenvalue weighted by Gasteiger charge is 2.30. The van der Waals surface area contributed by atoms with Gasteiger partial charge >= 0.3 is 39.5 Å². The van der Waals surface area contributed by atoms with Crippen molar-refractivity contribution in [3.8, 4) is 0 Å². The summed E-state index contributed by atoms with van der Waals surface area (Å²) >= 11 is 0. The predicted octanol–water partition coefficient (Wildman–Crippen LogP) is 24.7. The Balaban J connectivity index is 5.25. The third-order valence-corrected chi connectivity index (χ3v) is 21.1. The molecule has 0 saturated heterocycles. The van der Waals surface area contributed by atoms with Crippen LogP contribution in [0.25, 0.3) is 0 Å². The maximum atomic E-state index is 13.1. The molecule has 600 valence electrons. The van der Waals surface area contributed by atoms with Crippen molar-refractivity contribution >= 4 is 39.5 Å². The van der Waals surface area contributed by atoms with Crippen LogP contribution in [0.5, 0.6) is 0 Å². The molecule has 0 heterocycles. The number of hydrogen-bond acceptors (Lipinski definition) is 15. The Hall–Kier alpha value is -1.94. The van der Waals surface area contributed by atoms with E-state index in [2.05, 4.69) is 41.5 Å². The van der Waals surface area contributed by atoms with Crippen molar-refractivity contribution in [2.45, 2.75) is 452 Å². The quantitative estimate of drug-likeness (QED) is 0.0222. The number of unbranched alkanes of at least 4 members (excludes halogenated alkanes) is 51. The maximum Gasteiger partial charge on any atom is 0.472 e. The molecule has 5 atom stereocenters. The van der Waals surface area contributed by atoms with Crippen LogP contribution in [0.4, 0.5) is 0 Å². The van der Waals surface area contributed by atoms with Crippen LogP contribution in [-0.4, -0.2) is 96.7 Å². The third kappa shape index (κ3) is 76.1. The lowest BCUT2D eigenvalue weighted by Gasteiger charge is -2.21. The minimum absolute atomic E-state index is 0.107. The number of rotatable bonds is 81. The van der Waals surface area contributed by atoms with Crippen LogP contribution < -0.4 is 0 Å². The van der Waals surface area contributed by atoms with Crippen LogP contribution in [0.3, 0.4) is 0 Å². The van der Waals surface area contributed by atoms with E-state index in [0.29, 0.717) is 25.7 Å². The molecular weight excluding hydrogens is 1320 g/mol. The normalized spacial score (nSPS) is 13.9. The first-order valence-electron chi connectivity index (χ1n) is 42.5. The summed E-state index contributed by atoms with van der Waals surface area (Å²) in [5, 5.41) is 10.7. The van der Waals surface area contributed by atoms with Gasteiger partial charge in [-0.25, -0.2) is 9.13 Å². The van der Waals surface area contributed by atoms with E-state index in [4.69, 9.17) is 37.0 Å². The van der Waals surface area contributed by atoms with E-state index < -0.39 is 97.5 Å². The second-order valence-corrected chi connectivity index (χ2v) is 33.4. The molecule has 0 aliphatic carbocycles. The predicted molar refractivity (Wildman–Crippen MR) is 414 cm³/mol. The molecule has 0 fully saturated rings. The molecule has 0 aliphatic heterocycles. The number of esters is 4. The number of carbonyl (C=O) groups is 4. The fourth-order valence-corrected chi connectivity index (χ4v) is 14.3. The van der Waals surface area contributed by atoms with Gasteiger partial charge in [0, 0.05) is 25.7 Å². The maximum absolute atomic E-state index is 13.1. The molecule has 101 heavy (non-hydrogen) atoms. The molecule has 0 aliphatic rings. The molecule has 19 heteroatoms. The molecule has 17 nitrogen and oxygen atoms in total. The van der Waals surface area contributed by atoms with Gasteiger partial charge in [-0.1, -0.05) is 382 Å². The highest BCUT2D eigenvalue weighted by Crippen LogP contribution is 2.45. The lowest BCUT2D eigenvalue weighted by Crippen LogP contribution is -2.30. The lowest BCUT2D eigenvalue weighted by molar-refractivity contribution is -0.161. The summed E-state index contributed by atoms with van der Waals surface area (Å²) in [7, 11) is -9.92. The first-order valence-corrected chi connectivity index (χ1v) is 45.5. The lowest BCUT2D eigenvalue weighted by atomic mass is 10.0. The Labute approximate surface area is 619 Å². The topological polar surface area (TPSA) is 237 Å². The minimum Gasteiger partial charge on any atom is -0.462 e. The molecule has 0 amide bonds. The molecule has 0 rings (SSSR count). The van der Waals surface area contributed by atoms with Crippen LogP contribution in [0.1, 0.15) is 433 Å². The average molecular weight is 1480 g/mol. The minimum atomic E-state index is -4.96. The number of aliphatic hydroxyl groups is 1. The summed E-state index contributed by atoms with van der Waals surface area (Å²) in [6, 6.07) is 0. The largest absolute Gasteiger partial charge is 0.472 e. The molecular formula is C82H160O17P2. The van der Waals surface area contributed by atoms with E-state index in [1.807, 2.05) is 0 Å². The Morgan fingerprint density at radius 3 is 0.673 bits per heavy atom. The van der Waals surface area contributed by atoms with Gasteiger partial charge in [0.15, 0.2) is 12.2 Å². The molecule has 0 aromatic carbocycles. The van der Waals surface area contributed by atoms with E-state index in [9.17, 15) is 43.2 Å². The summed E-state index contributed by atoms with van der Waals surface area (Å²) < 4.78 is 68.8. The highest BCUT2D eigenvalue weighted by molar-refractivity contribution is 7.47. The van der Waals surface area contributed by atoms with Crippen LogP contribution in [0, 0.1) is 11.8 Å². The van der Waals surface area contributed by atoms with Crippen LogP contribution in [0.15, 0.2) is 0 Å². The Morgan fingerprint density at radius 2 is 0.455 bits per heavy atom. The van der Waals surface area contributed by atoms with Crippen molar-refractivity contribution in [1.82, 2.24) is 0 Å². The summed E-state index contributed by atoms with van der Waals surface area (Å²) in [4.78, 5) is 73.1. The number of phosphoric ester groups is 2. The van der Waals surface area contributed by atoms with Crippen molar-refractivity contribution in [1.29, 1.82) is 0 Å². The standard InChI is InChI=1S/C82H160O17P2/c1-7-9-11-13-15-17-19-20-21-25-28-35-41-47-53-59-65-80(85)93-71-78(98-81(86)66-60-54-48-42-36-29-26-23-22-24-27-33-38-44-50-56-62-74(3)4)73-97-101(90,91)95-69-76(83)68-94-100(88,89)96-72-77(70-92-79(84)64-58-52-46-40-32-18-16-14-12-10-8-2)99-82(87)67-61-55-49-43-37-31-30-34-39-45-51-57-63-75(5)6/h74-78,83H,7-73H2,1-6H3,(H,88,89)(H,90,91)/t76-,77+,78+/m0/s1. The molecule has 0 spiro atoms. The number of ether oxygens (including phenoxy) is 4. The second kappa shape index (κ2) is 73.6. The van der Waals surface area contributed by atoms with E-state index in [-0.39, 0.29) is 25.7 Å². The Kier molecular flexibility index (Phi) is 72.2. The van der Waals surface area contributed by atoms with Gasteiger partial charge in [-0.3, -0.25) is 37.3 Å². The van der Waals surface area contributed by atoms with E-state index in [1.165, 1.54) is 250 Å². The van der Waals surface area contributed by atoms with E-state index in [0.717, 1.165) is 102 Å². The summed E-state index contributed by atoms with van der Waals surface area (Å²) in [5.41, 5.74) is 0. The van der Waals surface area contributed by atoms with Crippen LogP contribution >= 0.6 is 15.6 Å². The van der Waals surface area contributed by atoms with Gasteiger partial charge in [-0.15, -0.1) is 0 Å². The zero-order chi connectivity index (χ0) is 74.2. The molecule has 2 unspecified atom stereocenters. The Morgan fingerprint density at radius 1 is 0.267 bits per heavy atom. The fourth-order valence-electron chi connectivity index (χ4n) is 12.7. The number of hydrogen-bond donors (Lipinski definition) is 3. The fraction of sp³-hybridized carbons (Fsp3) is 0.951. The summed E-state index contributed by atoms with van der Waals surface area (Å²) in [5.74, 6) is -0.519. The highest BCUT2D eigenvalue weighted by atomic mass is 31.2.